The number of hydrogen-bond donors (Lipinski definition) is 1. The number of aromatic nitrogens is 3. The molecule has 19 heavy (non-hydrogen) atoms. The van der Waals surface area contributed by atoms with E-state index < -0.39 is 0 Å². The molecule has 5 nitrogen and oxygen atoms in total. The second kappa shape index (κ2) is 5.73. The number of imidazole rings is 1. The molecule has 102 valence electrons. The zero-order valence-electron chi connectivity index (χ0n) is 11.7. The molecule has 0 radical (unpaired) electrons. The zero-order chi connectivity index (χ0) is 13.8. The summed E-state index contributed by atoms with van der Waals surface area (Å²) in [6.07, 6.45) is 7.16. The molecule has 0 bridgehead atoms. The molecule has 1 amide bonds. The van der Waals surface area contributed by atoms with Crippen LogP contribution in [0.2, 0.25) is 0 Å². The van der Waals surface area contributed by atoms with Crippen molar-refractivity contribution in [2.24, 2.45) is 14.1 Å². The summed E-state index contributed by atoms with van der Waals surface area (Å²) < 4.78 is 3.96. The molecular formula is C14H20N4O. The van der Waals surface area contributed by atoms with Gasteiger partial charge in [-0.1, -0.05) is 6.92 Å². The van der Waals surface area contributed by atoms with E-state index >= 15 is 0 Å². The fraction of sp³-hybridized carbons (Fsp3) is 0.429. The summed E-state index contributed by atoms with van der Waals surface area (Å²) >= 11 is 0. The Labute approximate surface area is 113 Å². The first-order valence-electron chi connectivity index (χ1n) is 6.51. The molecule has 0 saturated heterocycles. The first kappa shape index (κ1) is 13.4. The molecule has 2 heterocycles. The second-order valence-electron chi connectivity index (χ2n) is 4.64. The third-order valence-corrected chi connectivity index (χ3v) is 3.36. The number of carbonyl (C=O) groups excluding carboxylic acids is 1. The van der Waals surface area contributed by atoms with Crippen LogP contribution in [0.1, 0.15) is 28.7 Å². The molecular weight excluding hydrogens is 240 g/mol. The number of amides is 1. The van der Waals surface area contributed by atoms with E-state index in [1.807, 2.05) is 41.7 Å². The molecule has 0 unspecified atom stereocenters. The maximum Gasteiger partial charge on any atom is 0.253 e. The normalized spacial score (nSPS) is 10.7. The van der Waals surface area contributed by atoms with Crippen molar-refractivity contribution in [1.29, 1.82) is 0 Å². The molecule has 0 aliphatic carbocycles. The van der Waals surface area contributed by atoms with Crippen LogP contribution >= 0.6 is 0 Å². The standard InChI is InChI=1S/C14H20N4O/c1-4-13-12(6-8-17(13)2)14(19)16-7-5-11-9-15-10-18(11)3/h6,8-10H,4-5,7H2,1-3H3,(H,16,19). The molecule has 0 fully saturated rings. The van der Waals surface area contributed by atoms with E-state index in [1.54, 1.807) is 6.33 Å². The number of hydrogen-bond acceptors (Lipinski definition) is 2. The fourth-order valence-electron chi connectivity index (χ4n) is 2.23. The van der Waals surface area contributed by atoms with Crippen LogP contribution in [-0.2, 0) is 26.9 Å². The summed E-state index contributed by atoms with van der Waals surface area (Å²) in [7, 11) is 3.92. The number of nitrogens with zero attached hydrogens (tertiary/aromatic N) is 3. The molecule has 0 aliphatic rings. The summed E-state index contributed by atoms with van der Waals surface area (Å²) in [4.78, 5) is 16.2. The molecule has 5 heteroatoms. The first-order valence-corrected chi connectivity index (χ1v) is 6.51. The van der Waals surface area contributed by atoms with Crippen molar-refractivity contribution in [2.75, 3.05) is 6.54 Å². The quantitative estimate of drug-likeness (QED) is 0.881. The summed E-state index contributed by atoms with van der Waals surface area (Å²) in [6, 6.07) is 1.87. The van der Waals surface area contributed by atoms with Crippen LogP contribution in [0, 0.1) is 0 Å². The average Bonchev–Trinajstić information content (AvgIpc) is 2.96. The Hall–Kier alpha value is -2.04. The second-order valence-corrected chi connectivity index (χ2v) is 4.64. The maximum atomic E-state index is 12.1. The summed E-state index contributed by atoms with van der Waals surface area (Å²) in [5, 5.41) is 2.96. The number of aryl methyl sites for hydroxylation is 2. The van der Waals surface area contributed by atoms with Gasteiger partial charge in [-0.05, 0) is 12.5 Å². The van der Waals surface area contributed by atoms with Crippen LogP contribution in [0.3, 0.4) is 0 Å². The third-order valence-electron chi connectivity index (χ3n) is 3.36. The van der Waals surface area contributed by atoms with E-state index in [0.717, 1.165) is 29.8 Å². The first-order chi connectivity index (χ1) is 9.13. The van der Waals surface area contributed by atoms with Gasteiger partial charge in [0, 0.05) is 50.8 Å². The highest BCUT2D eigenvalue weighted by Gasteiger charge is 2.12. The maximum absolute atomic E-state index is 12.1. The Morgan fingerprint density at radius 1 is 1.37 bits per heavy atom. The van der Waals surface area contributed by atoms with E-state index in [0.29, 0.717) is 6.54 Å². The van der Waals surface area contributed by atoms with Crippen molar-refractivity contribution in [3.05, 3.63) is 41.7 Å². The predicted octanol–water partition coefficient (Wildman–Crippen LogP) is 1.29. The number of rotatable bonds is 5. The van der Waals surface area contributed by atoms with Gasteiger partial charge in [-0.15, -0.1) is 0 Å². The van der Waals surface area contributed by atoms with Crippen molar-refractivity contribution in [3.8, 4) is 0 Å². The Balaban J connectivity index is 1.93. The van der Waals surface area contributed by atoms with E-state index in [2.05, 4.69) is 17.2 Å². The average molecular weight is 260 g/mol. The fourth-order valence-corrected chi connectivity index (χ4v) is 2.23. The SMILES string of the molecule is CCc1c(C(=O)NCCc2cncn2C)ccn1C. The third kappa shape index (κ3) is 2.86. The van der Waals surface area contributed by atoms with Crippen LogP contribution in [0.25, 0.3) is 0 Å². The van der Waals surface area contributed by atoms with Crippen LogP contribution in [-0.4, -0.2) is 26.6 Å². The van der Waals surface area contributed by atoms with Gasteiger partial charge in [0.25, 0.3) is 5.91 Å². The van der Waals surface area contributed by atoms with Gasteiger partial charge in [-0.25, -0.2) is 4.98 Å². The molecule has 2 aromatic rings. The van der Waals surface area contributed by atoms with Crippen LogP contribution in [0.4, 0.5) is 0 Å². The monoisotopic (exact) mass is 260 g/mol. The Morgan fingerprint density at radius 2 is 2.16 bits per heavy atom. The van der Waals surface area contributed by atoms with Gasteiger partial charge >= 0.3 is 0 Å². The van der Waals surface area contributed by atoms with Gasteiger partial charge in [0.15, 0.2) is 0 Å². The van der Waals surface area contributed by atoms with Gasteiger partial charge in [-0.2, -0.15) is 0 Å². The van der Waals surface area contributed by atoms with Crippen molar-refractivity contribution < 1.29 is 4.79 Å². The van der Waals surface area contributed by atoms with Crippen molar-refractivity contribution in [3.63, 3.8) is 0 Å². The summed E-state index contributed by atoms with van der Waals surface area (Å²) in [6.45, 7) is 2.68. The van der Waals surface area contributed by atoms with Gasteiger partial charge < -0.3 is 14.5 Å². The van der Waals surface area contributed by atoms with Gasteiger partial charge in [0.05, 0.1) is 11.9 Å². The topological polar surface area (TPSA) is 51.9 Å². The number of carbonyl (C=O) groups is 1. The van der Waals surface area contributed by atoms with Crippen molar-refractivity contribution in [1.82, 2.24) is 19.4 Å². The van der Waals surface area contributed by atoms with Crippen molar-refractivity contribution in [2.45, 2.75) is 19.8 Å². The minimum Gasteiger partial charge on any atom is -0.354 e. The molecule has 0 spiro atoms. The molecule has 0 aromatic carbocycles. The Morgan fingerprint density at radius 3 is 2.79 bits per heavy atom. The summed E-state index contributed by atoms with van der Waals surface area (Å²) in [5.41, 5.74) is 2.96. The van der Waals surface area contributed by atoms with E-state index in [-0.39, 0.29) is 5.91 Å². The minimum absolute atomic E-state index is 0.000353. The highest BCUT2D eigenvalue weighted by Crippen LogP contribution is 2.10. The predicted molar refractivity (Wildman–Crippen MR) is 74.0 cm³/mol. The molecule has 0 atom stereocenters. The minimum atomic E-state index is -0.000353. The van der Waals surface area contributed by atoms with Gasteiger partial charge in [0.1, 0.15) is 0 Å². The molecule has 0 saturated carbocycles. The smallest absolute Gasteiger partial charge is 0.253 e. The Kier molecular flexibility index (Phi) is 4.04. The largest absolute Gasteiger partial charge is 0.354 e. The molecule has 2 rings (SSSR count). The lowest BCUT2D eigenvalue weighted by molar-refractivity contribution is 0.0953. The zero-order valence-corrected chi connectivity index (χ0v) is 11.7. The van der Waals surface area contributed by atoms with Gasteiger partial charge in [-0.3, -0.25) is 4.79 Å². The lowest BCUT2D eigenvalue weighted by Gasteiger charge is -2.07. The lowest BCUT2D eigenvalue weighted by Crippen LogP contribution is -2.26. The van der Waals surface area contributed by atoms with E-state index in [9.17, 15) is 4.79 Å². The molecule has 0 aliphatic heterocycles. The lowest BCUT2D eigenvalue weighted by atomic mass is 10.2. The molecule has 2 aromatic heterocycles. The highest BCUT2D eigenvalue weighted by molar-refractivity contribution is 5.95. The van der Waals surface area contributed by atoms with Crippen LogP contribution in [0.5, 0.6) is 0 Å². The van der Waals surface area contributed by atoms with Crippen LogP contribution in [0.15, 0.2) is 24.8 Å². The molecule has 1 N–H and O–H groups in total. The van der Waals surface area contributed by atoms with Crippen molar-refractivity contribution >= 4 is 5.91 Å². The Bertz CT molecular complexity index is 568. The van der Waals surface area contributed by atoms with Crippen LogP contribution < -0.4 is 5.32 Å². The van der Waals surface area contributed by atoms with E-state index in [1.165, 1.54) is 0 Å². The summed E-state index contributed by atoms with van der Waals surface area (Å²) in [5.74, 6) is -0.000353. The van der Waals surface area contributed by atoms with Gasteiger partial charge in [0.2, 0.25) is 0 Å². The number of nitrogens with one attached hydrogen (secondary N) is 1. The van der Waals surface area contributed by atoms with E-state index in [4.69, 9.17) is 0 Å². The highest BCUT2D eigenvalue weighted by atomic mass is 16.1.